The van der Waals surface area contributed by atoms with Gasteiger partial charge in [-0.05, 0) is 43.0 Å². The number of ether oxygens (including phenoxy) is 1. The standard InChI is InChI=1S/C15H17FO3/c16-13-7-5-12(6-8-13)14(17)10-19-15(18)9-11-3-1-2-4-11/h5-8,11H,1-4,9-10H2. The van der Waals surface area contributed by atoms with Crippen molar-refractivity contribution in [1.82, 2.24) is 0 Å². The largest absolute Gasteiger partial charge is 0.457 e. The zero-order valence-corrected chi connectivity index (χ0v) is 10.7. The monoisotopic (exact) mass is 264 g/mol. The van der Waals surface area contributed by atoms with E-state index in [2.05, 4.69) is 0 Å². The van der Waals surface area contributed by atoms with Crippen LogP contribution < -0.4 is 0 Å². The number of rotatable bonds is 5. The number of hydrogen-bond donors (Lipinski definition) is 0. The second-order valence-electron chi connectivity index (χ2n) is 4.95. The van der Waals surface area contributed by atoms with E-state index in [0.29, 0.717) is 17.9 Å². The van der Waals surface area contributed by atoms with E-state index >= 15 is 0 Å². The van der Waals surface area contributed by atoms with Crippen LogP contribution in [0.2, 0.25) is 0 Å². The van der Waals surface area contributed by atoms with Gasteiger partial charge < -0.3 is 4.74 Å². The molecule has 1 saturated carbocycles. The fourth-order valence-corrected chi connectivity index (χ4v) is 2.37. The van der Waals surface area contributed by atoms with Crippen LogP contribution in [0.3, 0.4) is 0 Å². The predicted octanol–water partition coefficient (Wildman–Crippen LogP) is 3.13. The number of benzene rings is 1. The minimum absolute atomic E-state index is 0.267. The van der Waals surface area contributed by atoms with Gasteiger partial charge >= 0.3 is 5.97 Å². The van der Waals surface area contributed by atoms with Gasteiger partial charge in [0.1, 0.15) is 5.82 Å². The van der Waals surface area contributed by atoms with E-state index in [-0.39, 0.29) is 18.4 Å². The molecule has 2 rings (SSSR count). The molecule has 0 aromatic heterocycles. The van der Waals surface area contributed by atoms with Gasteiger partial charge in [-0.25, -0.2) is 4.39 Å². The molecule has 0 heterocycles. The summed E-state index contributed by atoms with van der Waals surface area (Å²) in [6.45, 7) is -0.267. The fraction of sp³-hybridized carbons (Fsp3) is 0.467. The number of esters is 1. The molecular formula is C15H17FO3. The average Bonchev–Trinajstić information content (AvgIpc) is 2.89. The summed E-state index contributed by atoms with van der Waals surface area (Å²) in [5, 5.41) is 0. The molecular weight excluding hydrogens is 247 g/mol. The van der Waals surface area contributed by atoms with Gasteiger partial charge in [0, 0.05) is 12.0 Å². The van der Waals surface area contributed by atoms with Gasteiger partial charge in [-0.2, -0.15) is 0 Å². The van der Waals surface area contributed by atoms with Crippen LogP contribution in [0.15, 0.2) is 24.3 Å². The van der Waals surface area contributed by atoms with Crippen LogP contribution >= 0.6 is 0 Å². The van der Waals surface area contributed by atoms with Crippen LogP contribution in [0.1, 0.15) is 42.5 Å². The van der Waals surface area contributed by atoms with Crippen molar-refractivity contribution in [1.29, 1.82) is 0 Å². The van der Waals surface area contributed by atoms with Crippen molar-refractivity contribution in [2.75, 3.05) is 6.61 Å². The molecule has 0 amide bonds. The summed E-state index contributed by atoms with van der Waals surface area (Å²) >= 11 is 0. The van der Waals surface area contributed by atoms with E-state index in [1.807, 2.05) is 0 Å². The quantitative estimate of drug-likeness (QED) is 0.606. The summed E-state index contributed by atoms with van der Waals surface area (Å²) in [5.74, 6) is -0.606. The highest BCUT2D eigenvalue weighted by Crippen LogP contribution is 2.27. The van der Waals surface area contributed by atoms with Crippen molar-refractivity contribution < 1.29 is 18.7 Å². The molecule has 1 aliphatic carbocycles. The summed E-state index contributed by atoms with van der Waals surface area (Å²) in [4.78, 5) is 23.3. The third-order valence-electron chi connectivity index (χ3n) is 3.46. The maximum atomic E-state index is 12.7. The number of carbonyl (C=O) groups excluding carboxylic acids is 2. The zero-order chi connectivity index (χ0) is 13.7. The number of carbonyl (C=O) groups is 2. The summed E-state index contributed by atoms with van der Waals surface area (Å²) in [6.07, 6.45) is 4.89. The molecule has 0 bridgehead atoms. The lowest BCUT2D eigenvalue weighted by Gasteiger charge is -2.08. The van der Waals surface area contributed by atoms with E-state index in [4.69, 9.17) is 4.74 Å². The van der Waals surface area contributed by atoms with Crippen LogP contribution in [0.5, 0.6) is 0 Å². The van der Waals surface area contributed by atoms with Gasteiger partial charge in [0.05, 0.1) is 0 Å². The average molecular weight is 264 g/mol. The Balaban J connectivity index is 1.76. The van der Waals surface area contributed by atoms with Crippen molar-refractivity contribution in [3.8, 4) is 0 Å². The van der Waals surface area contributed by atoms with E-state index in [1.165, 1.54) is 37.1 Å². The number of Topliss-reactive ketones (excluding diaryl/α,β-unsaturated/α-hetero) is 1. The second-order valence-corrected chi connectivity index (χ2v) is 4.95. The molecule has 4 heteroatoms. The Bertz CT molecular complexity index is 447. The van der Waals surface area contributed by atoms with Gasteiger partial charge in [-0.3, -0.25) is 9.59 Å². The number of halogens is 1. The van der Waals surface area contributed by atoms with Gasteiger partial charge in [0.25, 0.3) is 0 Å². The van der Waals surface area contributed by atoms with E-state index in [1.54, 1.807) is 0 Å². The van der Waals surface area contributed by atoms with Crippen molar-refractivity contribution in [3.05, 3.63) is 35.6 Å². The van der Waals surface area contributed by atoms with Gasteiger partial charge in [0.2, 0.25) is 0 Å². The van der Waals surface area contributed by atoms with Gasteiger partial charge in [-0.1, -0.05) is 12.8 Å². The highest BCUT2D eigenvalue weighted by molar-refractivity contribution is 5.97. The SMILES string of the molecule is O=C(CC1CCCC1)OCC(=O)c1ccc(F)cc1. The van der Waals surface area contributed by atoms with Crippen LogP contribution in [0.25, 0.3) is 0 Å². The Morgan fingerprint density at radius 1 is 1.16 bits per heavy atom. The first-order chi connectivity index (χ1) is 9.15. The molecule has 19 heavy (non-hydrogen) atoms. The van der Waals surface area contributed by atoms with Crippen LogP contribution in [0, 0.1) is 11.7 Å². The van der Waals surface area contributed by atoms with E-state index in [0.717, 1.165) is 12.8 Å². The highest BCUT2D eigenvalue weighted by Gasteiger charge is 2.19. The van der Waals surface area contributed by atoms with E-state index in [9.17, 15) is 14.0 Å². The van der Waals surface area contributed by atoms with Crippen LogP contribution in [-0.2, 0) is 9.53 Å². The summed E-state index contributed by atoms with van der Waals surface area (Å²) < 4.78 is 17.7. The third kappa shape index (κ3) is 4.16. The number of ketones is 1. The summed E-state index contributed by atoms with van der Waals surface area (Å²) in [7, 11) is 0. The topological polar surface area (TPSA) is 43.4 Å². The molecule has 3 nitrogen and oxygen atoms in total. The van der Waals surface area contributed by atoms with Crippen molar-refractivity contribution in [3.63, 3.8) is 0 Å². The molecule has 102 valence electrons. The minimum Gasteiger partial charge on any atom is -0.457 e. The highest BCUT2D eigenvalue weighted by atomic mass is 19.1. The Labute approximate surface area is 111 Å². The molecule has 1 aliphatic rings. The van der Waals surface area contributed by atoms with Gasteiger partial charge in [-0.15, -0.1) is 0 Å². The van der Waals surface area contributed by atoms with Crippen molar-refractivity contribution in [2.24, 2.45) is 5.92 Å². The Morgan fingerprint density at radius 2 is 1.79 bits per heavy atom. The third-order valence-corrected chi connectivity index (χ3v) is 3.46. The first-order valence-electron chi connectivity index (χ1n) is 6.59. The normalized spacial score (nSPS) is 15.4. The maximum absolute atomic E-state index is 12.7. The van der Waals surface area contributed by atoms with Crippen LogP contribution in [-0.4, -0.2) is 18.4 Å². The molecule has 1 aromatic carbocycles. The molecule has 0 saturated heterocycles. The number of hydrogen-bond acceptors (Lipinski definition) is 3. The molecule has 0 aliphatic heterocycles. The molecule has 0 N–H and O–H groups in total. The Hall–Kier alpha value is -1.71. The maximum Gasteiger partial charge on any atom is 0.306 e. The van der Waals surface area contributed by atoms with Crippen LogP contribution in [0.4, 0.5) is 4.39 Å². The molecule has 1 aromatic rings. The zero-order valence-electron chi connectivity index (χ0n) is 10.7. The smallest absolute Gasteiger partial charge is 0.306 e. The molecule has 0 radical (unpaired) electrons. The minimum atomic E-state index is -0.394. The van der Waals surface area contributed by atoms with Crippen molar-refractivity contribution >= 4 is 11.8 Å². The first kappa shape index (κ1) is 13.7. The Kier molecular flexibility index (Phi) is 4.66. The predicted molar refractivity (Wildman–Crippen MR) is 68.3 cm³/mol. The molecule has 1 fully saturated rings. The fourth-order valence-electron chi connectivity index (χ4n) is 2.37. The Morgan fingerprint density at radius 3 is 2.42 bits per heavy atom. The summed E-state index contributed by atoms with van der Waals surface area (Å²) in [5.41, 5.74) is 0.357. The molecule has 0 atom stereocenters. The van der Waals surface area contributed by atoms with E-state index < -0.39 is 5.82 Å². The molecule has 0 unspecified atom stereocenters. The second kappa shape index (κ2) is 6.45. The lowest BCUT2D eigenvalue weighted by molar-refractivity contribution is -0.143. The first-order valence-corrected chi connectivity index (χ1v) is 6.59. The lowest BCUT2D eigenvalue weighted by atomic mass is 10.0. The van der Waals surface area contributed by atoms with Gasteiger partial charge in [0.15, 0.2) is 12.4 Å². The summed E-state index contributed by atoms with van der Waals surface area (Å²) in [6, 6.07) is 5.21. The lowest BCUT2D eigenvalue weighted by Crippen LogP contribution is -2.16. The molecule has 0 spiro atoms. The van der Waals surface area contributed by atoms with Crippen molar-refractivity contribution in [2.45, 2.75) is 32.1 Å².